The standard InChI is InChI=1S/C23H29N5O2.C20H25N5O2/c1-18-6-5-7-19(14-18)17-24-26-22-16-20(27-10-12-30-13-11-27)15-21(25-22)23(29)28-8-3-2-4-9-28;1-15-5-4-6-16(11-15)14-21-23-19-13-17(25-7-9-27-10-8-25)12-18(22-19)20(26)24(2)3/h5-7,14-17H,2-4,8-13H2,1H3,(H,25,26);4-6,11-14H,7-10H2,1-3H3,(H,22,23)/b24-17+;21-14+. The third-order valence-electron chi connectivity index (χ3n) is 9.73. The Bertz CT molecular complexity index is 2020. The average molecular weight is 775 g/mol. The van der Waals surface area contributed by atoms with Crippen molar-refractivity contribution < 1.29 is 19.1 Å². The molecule has 3 aliphatic heterocycles. The van der Waals surface area contributed by atoms with Crippen molar-refractivity contribution in [1.82, 2.24) is 19.8 Å². The second kappa shape index (κ2) is 20.3. The molecule has 300 valence electrons. The summed E-state index contributed by atoms with van der Waals surface area (Å²) in [5.41, 5.74) is 13.1. The summed E-state index contributed by atoms with van der Waals surface area (Å²) in [7, 11) is 3.43. The molecule has 0 saturated carbocycles. The minimum atomic E-state index is -0.143. The maximum atomic E-state index is 13.1. The van der Waals surface area contributed by atoms with Crippen molar-refractivity contribution in [2.45, 2.75) is 33.1 Å². The van der Waals surface area contributed by atoms with Crippen LogP contribution in [-0.2, 0) is 9.47 Å². The second-order valence-electron chi connectivity index (χ2n) is 14.5. The number of aryl methyl sites for hydroxylation is 2. The third-order valence-corrected chi connectivity index (χ3v) is 9.73. The molecule has 3 aliphatic rings. The summed E-state index contributed by atoms with van der Waals surface area (Å²) in [5, 5.41) is 8.63. The van der Waals surface area contributed by atoms with E-state index in [1.54, 1.807) is 26.5 Å². The Morgan fingerprint density at radius 3 is 1.60 bits per heavy atom. The van der Waals surface area contributed by atoms with Gasteiger partial charge in [-0.25, -0.2) is 9.97 Å². The number of hydrazone groups is 2. The first-order chi connectivity index (χ1) is 27.7. The van der Waals surface area contributed by atoms with Gasteiger partial charge in [-0.1, -0.05) is 59.7 Å². The highest BCUT2D eigenvalue weighted by atomic mass is 16.5. The van der Waals surface area contributed by atoms with Crippen molar-refractivity contribution in [2.75, 3.05) is 100 Å². The number of pyridine rings is 2. The normalized spacial score (nSPS) is 16.0. The van der Waals surface area contributed by atoms with Crippen LogP contribution >= 0.6 is 0 Å². The largest absolute Gasteiger partial charge is 0.378 e. The number of benzene rings is 2. The zero-order valence-electron chi connectivity index (χ0n) is 33.5. The summed E-state index contributed by atoms with van der Waals surface area (Å²) in [4.78, 5) is 42.3. The molecule has 5 heterocycles. The maximum absolute atomic E-state index is 13.1. The number of ether oxygens (including phenoxy) is 2. The van der Waals surface area contributed by atoms with E-state index in [9.17, 15) is 9.59 Å². The molecule has 0 aliphatic carbocycles. The fraction of sp³-hybridized carbons (Fsp3) is 0.395. The van der Waals surface area contributed by atoms with Crippen LogP contribution in [-0.4, -0.2) is 124 Å². The number of carbonyl (C=O) groups is 2. The lowest BCUT2D eigenvalue weighted by molar-refractivity contribution is 0.0718. The lowest BCUT2D eigenvalue weighted by atomic mass is 10.1. The topological polar surface area (TPSA) is 140 Å². The van der Waals surface area contributed by atoms with Crippen LogP contribution in [0.15, 0.2) is 83.0 Å². The number of nitrogens with zero attached hydrogens (tertiary/aromatic N) is 8. The summed E-state index contributed by atoms with van der Waals surface area (Å²) in [6, 6.07) is 23.8. The number of piperidine rings is 1. The lowest BCUT2D eigenvalue weighted by Gasteiger charge is -2.30. The van der Waals surface area contributed by atoms with Crippen LogP contribution in [0, 0.1) is 13.8 Å². The number of anilines is 4. The Morgan fingerprint density at radius 2 is 1.12 bits per heavy atom. The zero-order valence-corrected chi connectivity index (χ0v) is 33.5. The molecule has 14 heteroatoms. The SMILES string of the molecule is Cc1cccc(/C=N/Nc2cc(N3CCOCC3)cc(C(=O)N(C)C)n2)c1.Cc1cccc(/C=N/Nc2cc(N3CCOCC3)cc(C(=O)N3CCCCC3)n2)c1. The van der Waals surface area contributed by atoms with Gasteiger partial charge < -0.3 is 29.1 Å². The first kappa shape index (κ1) is 40.8. The molecule has 3 saturated heterocycles. The van der Waals surface area contributed by atoms with Gasteiger partial charge in [-0.2, -0.15) is 10.2 Å². The van der Waals surface area contributed by atoms with Crippen LogP contribution in [0.2, 0.25) is 0 Å². The second-order valence-corrected chi connectivity index (χ2v) is 14.5. The van der Waals surface area contributed by atoms with Gasteiger partial charge in [0, 0.05) is 76.9 Å². The number of hydrogen-bond donors (Lipinski definition) is 2. The van der Waals surface area contributed by atoms with E-state index in [1.807, 2.05) is 72.5 Å². The van der Waals surface area contributed by atoms with Crippen LogP contribution in [0.25, 0.3) is 0 Å². The van der Waals surface area contributed by atoms with E-state index < -0.39 is 0 Å². The Morgan fingerprint density at radius 1 is 0.649 bits per heavy atom. The quantitative estimate of drug-likeness (QED) is 0.153. The van der Waals surface area contributed by atoms with Crippen molar-refractivity contribution in [2.24, 2.45) is 10.2 Å². The number of amides is 2. The van der Waals surface area contributed by atoms with Crippen LogP contribution < -0.4 is 20.7 Å². The van der Waals surface area contributed by atoms with Crippen molar-refractivity contribution in [3.05, 3.63) is 106 Å². The van der Waals surface area contributed by atoms with Crippen molar-refractivity contribution in [3.8, 4) is 0 Å². The summed E-state index contributed by atoms with van der Waals surface area (Å²) < 4.78 is 10.9. The Labute approximate surface area is 335 Å². The number of rotatable bonds is 10. The summed E-state index contributed by atoms with van der Waals surface area (Å²) in [5.74, 6) is 0.961. The van der Waals surface area contributed by atoms with E-state index >= 15 is 0 Å². The molecule has 0 bridgehead atoms. The molecule has 2 aromatic heterocycles. The number of likely N-dealkylation sites (tertiary alicyclic amines) is 1. The van der Waals surface area contributed by atoms with Gasteiger partial charge >= 0.3 is 0 Å². The summed E-state index contributed by atoms with van der Waals surface area (Å²) in [6.07, 6.45) is 6.80. The van der Waals surface area contributed by atoms with Gasteiger partial charge in [0.1, 0.15) is 23.0 Å². The molecular formula is C43H54N10O4. The molecule has 0 unspecified atom stereocenters. The van der Waals surface area contributed by atoms with Gasteiger partial charge in [0.15, 0.2) is 0 Å². The van der Waals surface area contributed by atoms with Crippen LogP contribution in [0.5, 0.6) is 0 Å². The molecule has 14 nitrogen and oxygen atoms in total. The van der Waals surface area contributed by atoms with Gasteiger partial charge in [-0.15, -0.1) is 0 Å². The maximum Gasteiger partial charge on any atom is 0.272 e. The number of nitrogens with one attached hydrogen (secondary N) is 2. The van der Waals surface area contributed by atoms with E-state index in [-0.39, 0.29) is 11.8 Å². The van der Waals surface area contributed by atoms with Gasteiger partial charge in [-0.05, 0) is 56.4 Å². The van der Waals surface area contributed by atoms with E-state index in [0.717, 1.165) is 74.6 Å². The van der Waals surface area contributed by atoms with Crippen molar-refractivity contribution in [1.29, 1.82) is 0 Å². The fourth-order valence-corrected chi connectivity index (χ4v) is 6.71. The molecule has 0 spiro atoms. The number of carbonyl (C=O) groups excluding carboxylic acids is 2. The van der Waals surface area contributed by atoms with E-state index in [2.05, 4.69) is 59.9 Å². The van der Waals surface area contributed by atoms with E-state index in [1.165, 1.54) is 22.4 Å². The number of hydrogen-bond acceptors (Lipinski definition) is 12. The minimum absolute atomic E-state index is 0.00415. The molecule has 4 aromatic rings. The third kappa shape index (κ3) is 12.1. The fourth-order valence-electron chi connectivity index (χ4n) is 6.71. The molecular weight excluding hydrogens is 721 g/mol. The smallest absolute Gasteiger partial charge is 0.272 e. The molecule has 2 amide bonds. The van der Waals surface area contributed by atoms with Crippen molar-refractivity contribution in [3.63, 3.8) is 0 Å². The monoisotopic (exact) mass is 774 g/mol. The Hall–Kier alpha value is -5.86. The summed E-state index contributed by atoms with van der Waals surface area (Å²) >= 11 is 0. The molecule has 2 N–H and O–H groups in total. The molecule has 2 aromatic carbocycles. The van der Waals surface area contributed by atoms with Crippen molar-refractivity contribution >= 4 is 47.3 Å². The molecule has 57 heavy (non-hydrogen) atoms. The Kier molecular flexibility index (Phi) is 14.6. The number of aromatic nitrogens is 2. The van der Waals surface area contributed by atoms with E-state index in [4.69, 9.17) is 9.47 Å². The Balaban J connectivity index is 0.000000194. The number of morpholine rings is 2. The van der Waals surface area contributed by atoms with Gasteiger partial charge in [-0.3, -0.25) is 20.4 Å². The van der Waals surface area contributed by atoms with Crippen LogP contribution in [0.4, 0.5) is 23.0 Å². The van der Waals surface area contributed by atoms with Gasteiger partial charge in [0.05, 0.1) is 38.9 Å². The predicted molar refractivity (Wildman–Crippen MR) is 227 cm³/mol. The highest BCUT2D eigenvalue weighted by Gasteiger charge is 2.22. The predicted octanol–water partition coefficient (Wildman–Crippen LogP) is 5.67. The first-order valence-corrected chi connectivity index (χ1v) is 19.6. The average Bonchev–Trinajstić information content (AvgIpc) is 3.24. The molecule has 3 fully saturated rings. The van der Waals surface area contributed by atoms with Gasteiger partial charge in [0.25, 0.3) is 11.8 Å². The van der Waals surface area contributed by atoms with Crippen LogP contribution in [0.3, 0.4) is 0 Å². The van der Waals surface area contributed by atoms with Crippen LogP contribution in [0.1, 0.15) is 62.5 Å². The zero-order chi connectivity index (χ0) is 40.0. The lowest BCUT2D eigenvalue weighted by Crippen LogP contribution is -2.38. The first-order valence-electron chi connectivity index (χ1n) is 19.6. The highest BCUT2D eigenvalue weighted by molar-refractivity contribution is 5.94. The molecule has 0 atom stereocenters. The minimum Gasteiger partial charge on any atom is -0.378 e. The highest BCUT2D eigenvalue weighted by Crippen LogP contribution is 2.24. The van der Waals surface area contributed by atoms with Gasteiger partial charge in [0.2, 0.25) is 0 Å². The molecule has 7 rings (SSSR count). The summed E-state index contributed by atoms with van der Waals surface area (Å²) in [6.45, 7) is 11.6. The van der Waals surface area contributed by atoms with E-state index in [0.29, 0.717) is 49.5 Å². The molecule has 0 radical (unpaired) electrons.